The molecule has 15 nitrogen and oxygen atoms in total. The summed E-state index contributed by atoms with van der Waals surface area (Å²) in [6, 6.07) is 15.6. The molecule has 0 aliphatic carbocycles. The highest BCUT2D eigenvalue weighted by molar-refractivity contribution is 7.09. The molecule has 7 atom stereocenters. The van der Waals surface area contributed by atoms with Crippen molar-refractivity contribution in [3.63, 3.8) is 0 Å². The van der Waals surface area contributed by atoms with Crippen LogP contribution in [-0.2, 0) is 36.9 Å². The average molecular weight is 959 g/mol. The third-order valence-corrected chi connectivity index (χ3v) is 13.7. The van der Waals surface area contributed by atoms with Crippen LogP contribution < -0.4 is 15.4 Å². The van der Waals surface area contributed by atoms with E-state index in [4.69, 9.17) is 24.7 Å². The number of nitrogens with zero attached hydrogens (tertiary/aromatic N) is 6. The fourth-order valence-corrected chi connectivity index (χ4v) is 9.45. The minimum atomic E-state index is -0.666. The van der Waals surface area contributed by atoms with Crippen LogP contribution in [0, 0.1) is 17.8 Å². The van der Waals surface area contributed by atoms with Crippen LogP contribution in [0.25, 0.3) is 10.4 Å². The molecule has 1 aromatic heterocycles. The summed E-state index contributed by atoms with van der Waals surface area (Å²) in [4.78, 5) is 67.7. The van der Waals surface area contributed by atoms with Crippen molar-refractivity contribution >= 4 is 35.0 Å². The first-order valence-corrected chi connectivity index (χ1v) is 25.8. The quantitative estimate of drug-likeness (QED) is 0.0216. The Kier molecular flexibility index (Phi) is 24.3. The number of carbonyl (C=O) groups is 4. The number of likely N-dealkylation sites (N-methyl/N-ethyl adjacent to an activating group) is 1. The van der Waals surface area contributed by atoms with Crippen LogP contribution in [0.3, 0.4) is 0 Å². The molecule has 374 valence electrons. The molecule has 0 radical (unpaired) electrons. The first kappa shape index (κ1) is 55.6. The molecule has 0 saturated carbocycles. The molecule has 1 aliphatic rings. The second-order valence-corrected chi connectivity index (χ2v) is 19.5. The van der Waals surface area contributed by atoms with Gasteiger partial charge in [0.25, 0.3) is 5.91 Å². The first-order chi connectivity index (χ1) is 32.8. The monoisotopic (exact) mass is 959 g/mol. The van der Waals surface area contributed by atoms with Crippen LogP contribution in [0.2, 0.25) is 0 Å². The van der Waals surface area contributed by atoms with Gasteiger partial charge >= 0.3 is 5.97 Å². The molecule has 1 aliphatic heterocycles. The zero-order valence-corrected chi connectivity index (χ0v) is 42.7. The first-order valence-electron chi connectivity index (χ1n) is 24.9. The Labute approximate surface area is 409 Å². The second-order valence-electron chi connectivity index (χ2n) is 18.6. The van der Waals surface area contributed by atoms with Crippen molar-refractivity contribution in [1.82, 2.24) is 25.4 Å². The SMILES string of the molecule is CCCO[C@H](C[C@H](C(C)C)N(CCC)C(=O)[C@@H](NC(=O)[C@H]1CCCCN1C)[C@@H](C)CC)c1nc(C(=O)N[C@@H](Cc2ccc(OCCCCN=[N+]=[N-])cc2)C[C@H](C)C(=O)OCc2ccccc2)cs1. The van der Waals surface area contributed by atoms with Crippen molar-refractivity contribution in [3.05, 3.63) is 92.2 Å². The maximum atomic E-state index is 14.8. The van der Waals surface area contributed by atoms with Crippen LogP contribution in [0.4, 0.5) is 0 Å². The zero-order chi connectivity index (χ0) is 49.4. The van der Waals surface area contributed by atoms with Gasteiger partial charge in [-0.15, -0.1) is 11.3 Å². The maximum Gasteiger partial charge on any atom is 0.309 e. The highest BCUT2D eigenvalue weighted by Gasteiger charge is 2.38. The molecule has 2 N–H and O–H groups in total. The number of amides is 3. The van der Waals surface area contributed by atoms with Crippen molar-refractivity contribution in [2.24, 2.45) is 22.9 Å². The molecule has 2 aromatic carbocycles. The number of ether oxygens (including phenoxy) is 3. The van der Waals surface area contributed by atoms with Crippen molar-refractivity contribution < 1.29 is 33.4 Å². The molecule has 0 unspecified atom stereocenters. The Balaban J connectivity index is 1.53. The summed E-state index contributed by atoms with van der Waals surface area (Å²) in [5.74, 6) is -0.710. The van der Waals surface area contributed by atoms with Gasteiger partial charge in [-0.1, -0.05) is 109 Å². The van der Waals surface area contributed by atoms with Gasteiger partial charge in [0.15, 0.2) is 0 Å². The van der Waals surface area contributed by atoms with Crippen LogP contribution in [0.15, 0.2) is 65.1 Å². The van der Waals surface area contributed by atoms with E-state index in [9.17, 15) is 19.2 Å². The largest absolute Gasteiger partial charge is 0.494 e. The summed E-state index contributed by atoms with van der Waals surface area (Å²) < 4.78 is 18.1. The molecule has 0 bridgehead atoms. The lowest BCUT2D eigenvalue weighted by molar-refractivity contribution is -0.149. The van der Waals surface area contributed by atoms with Crippen LogP contribution in [0.5, 0.6) is 5.75 Å². The number of hydrogen-bond donors (Lipinski definition) is 2. The minimum absolute atomic E-state index is 0.0526. The van der Waals surface area contributed by atoms with E-state index >= 15 is 0 Å². The number of azide groups is 1. The van der Waals surface area contributed by atoms with Crippen LogP contribution >= 0.6 is 11.3 Å². The number of unbranched alkanes of at least 4 members (excludes halogenated alkanes) is 1. The molecule has 1 saturated heterocycles. The number of esters is 1. The van der Waals surface area contributed by atoms with Gasteiger partial charge in [-0.3, -0.25) is 24.1 Å². The summed E-state index contributed by atoms with van der Waals surface area (Å²) >= 11 is 1.36. The van der Waals surface area contributed by atoms with Crippen LogP contribution in [-0.4, -0.2) is 103 Å². The number of thiazole rings is 1. The predicted molar refractivity (Wildman–Crippen MR) is 268 cm³/mol. The van der Waals surface area contributed by atoms with Crippen molar-refractivity contribution in [3.8, 4) is 5.75 Å². The fraction of sp³-hybridized carbons (Fsp3) is 0.635. The van der Waals surface area contributed by atoms with Gasteiger partial charge in [-0.2, -0.15) is 0 Å². The second kappa shape index (κ2) is 29.8. The number of piperidine rings is 1. The topological polar surface area (TPSA) is 188 Å². The molecule has 3 amide bonds. The summed E-state index contributed by atoms with van der Waals surface area (Å²) in [7, 11) is 1.98. The third kappa shape index (κ3) is 17.8. The summed E-state index contributed by atoms with van der Waals surface area (Å²) in [5, 5.41) is 12.4. The van der Waals surface area contributed by atoms with Crippen molar-refractivity contribution in [2.45, 2.75) is 156 Å². The normalized spacial score (nSPS) is 16.6. The number of carbonyl (C=O) groups excluding carboxylic acids is 4. The summed E-state index contributed by atoms with van der Waals surface area (Å²) in [6.07, 6.45) is 7.32. The Morgan fingerprint density at radius 3 is 2.35 bits per heavy atom. The van der Waals surface area contributed by atoms with E-state index in [1.54, 1.807) is 5.38 Å². The predicted octanol–water partition coefficient (Wildman–Crippen LogP) is 9.86. The molecule has 4 rings (SSSR count). The number of rotatable bonds is 30. The van der Waals surface area contributed by atoms with E-state index in [1.165, 1.54) is 11.3 Å². The van der Waals surface area contributed by atoms with Crippen molar-refractivity contribution in [1.29, 1.82) is 0 Å². The minimum Gasteiger partial charge on any atom is -0.494 e. The van der Waals surface area contributed by atoms with Gasteiger partial charge in [0.2, 0.25) is 11.8 Å². The molecular weight excluding hydrogens is 881 g/mol. The van der Waals surface area contributed by atoms with E-state index < -0.39 is 24.1 Å². The molecule has 1 fully saturated rings. The number of likely N-dealkylation sites (tertiary alicyclic amines) is 1. The molecule has 0 spiro atoms. The van der Waals surface area contributed by atoms with E-state index in [2.05, 4.69) is 53.3 Å². The number of nitrogens with one attached hydrogen (secondary N) is 2. The lowest BCUT2D eigenvalue weighted by atomic mass is 9.92. The Morgan fingerprint density at radius 2 is 1.69 bits per heavy atom. The summed E-state index contributed by atoms with van der Waals surface area (Å²) in [6.45, 7) is 17.2. The Hall–Kier alpha value is -5.02. The highest BCUT2D eigenvalue weighted by Crippen LogP contribution is 2.32. The van der Waals surface area contributed by atoms with E-state index in [1.807, 2.05) is 87.3 Å². The highest BCUT2D eigenvalue weighted by atomic mass is 32.1. The van der Waals surface area contributed by atoms with E-state index in [0.717, 1.165) is 69.0 Å². The third-order valence-electron chi connectivity index (χ3n) is 12.8. The van der Waals surface area contributed by atoms with E-state index in [0.29, 0.717) is 56.3 Å². The summed E-state index contributed by atoms with van der Waals surface area (Å²) in [5.41, 5.74) is 10.6. The van der Waals surface area contributed by atoms with Gasteiger partial charge in [-0.05, 0) is 106 Å². The Bertz CT molecular complexity index is 2030. The standard InChI is InChI=1S/C52H78N8O7S/c1-9-27-60(51(63)47(37(6)11-3)57-49(62)44-21-15-17-28-59(44)8)45(36(4)5)33-46(66-29-10-2)50-56-43(35-68-50)48(61)55-41(31-38(7)52(64)67-34-40-19-13-12-14-20-40)32-39-22-24-42(25-23-39)65-30-18-16-26-54-58-53/h12-14,19-20,22-25,35-38,41,44-47H,9-11,15-18,21,26-34H2,1-8H3,(H,55,61)(H,57,62)/t37-,38-,41+,44+,45+,46+,47-/m0/s1. The maximum absolute atomic E-state index is 14.8. The van der Waals surface area contributed by atoms with Crippen molar-refractivity contribution in [2.75, 3.05) is 39.9 Å². The van der Waals surface area contributed by atoms with Gasteiger partial charge < -0.3 is 29.7 Å². The smallest absolute Gasteiger partial charge is 0.309 e. The lowest BCUT2D eigenvalue weighted by Crippen LogP contribution is -2.58. The molecule has 68 heavy (non-hydrogen) atoms. The van der Waals surface area contributed by atoms with Crippen LogP contribution in [0.1, 0.15) is 145 Å². The number of benzene rings is 2. The van der Waals surface area contributed by atoms with Gasteiger partial charge in [-0.25, -0.2) is 4.98 Å². The number of aromatic nitrogens is 1. The van der Waals surface area contributed by atoms with Gasteiger partial charge in [0.05, 0.1) is 18.6 Å². The average Bonchev–Trinajstić information content (AvgIpc) is 3.84. The molecular formula is C52H78N8O7S. The molecule has 2 heterocycles. The zero-order valence-electron chi connectivity index (χ0n) is 41.9. The Morgan fingerprint density at radius 1 is 0.941 bits per heavy atom. The lowest BCUT2D eigenvalue weighted by Gasteiger charge is -2.40. The molecule has 3 aromatic rings. The molecule has 16 heteroatoms. The van der Waals surface area contributed by atoms with Gasteiger partial charge in [0.1, 0.15) is 35.2 Å². The number of hydrogen-bond acceptors (Lipinski definition) is 11. The van der Waals surface area contributed by atoms with E-state index in [-0.39, 0.29) is 59.9 Å². The van der Waals surface area contributed by atoms with Gasteiger partial charge in [0, 0.05) is 48.5 Å². The fourth-order valence-electron chi connectivity index (χ4n) is 8.59.